The minimum atomic E-state index is 0.518. The lowest BCUT2D eigenvalue weighted by Gasteiger charge is -2.23. The molecule has 0 N–H and O–H groups in total. The molecule has 0 amide bonds. The SMILES string of the molecule is CC(C)(C)CC1(CBr)CC1. The maximum absolute atomic E-state index is 3.59. The van der Waals surface area contributed by atoms with E-state index in [1.807, 2.05) is 0 Å². The Balaban J connectivity index is 2.38. The average molecular weight is 205 g/mol. The van der Waals surface area contributed by atoms with Crippen LogP contribution in [0.4, 0.5) is 0 Å². The van der Waals surface area contributed by atoms with Crippen LogP contribution in [0.5, 0.6) is 0 Å². The molecule has 1 fully saturated rings. The second-order valence-corrected chi connectivity index (χ2v) is 5.43. The van der Waals surface area contributed by atoms with Gasteiger partial charge in [0.25, 0.3) is 0 Å². The molecule has 1 rings (SSSR count). The second kappa shape index (κ2) is 2.51. The van der Waals surface area contributed by atoms with E-state index in [0.717, 1.165) is 0 Å². The Morgan fingerprint density at radius 3 is 1.90 bits per heavy atom. The third kappa shape index (κ3) is 2.26. The third-order valence-corrected chi connectivity index (χ3v) is 3.34. The molecule has 1 heteroatoms. The van der Waals surface area contributed by atoms with E-state index in [1.54, 1.807) is 0 Å². The Labute approximate surface area is 72.5 Å². The Morgan fingerprint density at radius 2 is 1.80 bits per heavy atom. The zero-order valence-corrected chi connectivity index (χ0v) is 8.79. The monoisotopic (exact) mass is 204 g/mol. The van der Waals surface area contributed by atoms with Crippen molar-refractivity contribution in [3.8, 4) is 0 Å². The smallest absolute Gasteiger partial charge is 0.00881 e. The van der Waals surface area contributed by atoms with Gasteiger partial charge in [-0.1, -0.05) is 36.7 Å². The summed E-state index contributed by atoms with van der Waals surface area (Å²) < 4.78 is 0. The fraction of sp³-hybridized carbons (Fsp3) is 1.00. The highest BCUT2D eigenvalue weighted by atomic mass is 79.9. The van der Waals surface area contributed by atoms with Gasteiger partial charge in [0.05, 0.1) is 0 Å². The van der Waals surface area contributed by atoms with Gasteiger partial charge in [-0.05, 0) is 30.1 Å². The molecule has 0 spiro atoms. The fourth-order valence-electron chi connectivity index (χ4n) is 1.66. The molecule has 0 atom stereocenters. The molecule has 1 aliphatic carbocycles. The van der Waals surface area contributed by atoms with Crippen LogP contribution in [0.2, 0.25) is 0 Å². The van der Waals surface area contributed by atoms with Gasteiger partial charge in [0.2, 0.25) is 0 Å². The fourth-order valence-corrected chi connectivity index (χ4v) is 2.42. The Kier molecular flexibility index (Phi) is 2.15. The van der Waals surface area contributed by atoms with E-state index in [2.05, 4.69) is 36.7 Å². The van der Waals surface area contributed by atoms with Gasteiger partial charge in [0.15, 0.2) is 0 Å². The first kappa shape index (κ1) is 8.58. The maximum atomic E-state index is 3.59. The highest BCUT2D eigenvalue weighted by molar-refractivity contribution is 9.09. The van der Waals surface area contributed by atoms with E-state index in [-0.39, 0.29) is 0 Å². The first-order chi connectivity index (χ1) is 4.47. The van der Waals surface area contributed by atoms with Crippen LogP contribution >= 0.6 is 15.9 Å². The van der Waals surface area contributed by atoms with Gasteiger partial charge in [-0.15, -0.1) is 0 Å². The first-order valence-corrected chi connectivity index (χ1v) is 5.16. The molecule has 0 radical (unpaired) electrons. The molecule has 0 bridgehead atoms. The van der Waals surface area contributed by atoms with Gasteiger partial charge in [-0.3, -0.25) is 0 Å². The highest BCUT2D eigenvalue weighted by Gasteiger charge is 2.43. The average Bonchev–Trinajstić information content (AvgIpc) is 2.45. The largest absolute Gasteiger partial charge is 0.0922 e. The lowest BCUT2D eigenvalue weighted by atomic mass is 9.84. The van der Waals surface area contributed by atoms with Gasteiger partial charge < -0.3 is 0 Å². The quantitative estimate of drug-likeness (QED) is 0.604. The Bertz CT molecular complexity index is 117. The minimum absolute atomic E-state index is 0.518. The summed E-state index contributed by atoms with van der Waals surface area (Å²) in [7, 11) is 0. The van der Waals surface area contributed by atoms with E-state index < -0.39 is 0 Å². The molecular formula is C9H17Br. The summed E-state index contributed by atoms with van der Waals surface area (Å²) in [4.78, 5) is 0. The molecule has 1 saturated carbocycles. The summed E-state index contributed by atoms with van der Waals surface area (Å²) in [6.45, 7) is 6.99. The summed E-state index contributed by atoms with van der Waals surface area (Å²) in [5.74, 6) is 0. The highest BCUT2D eigenvalue weighted by Crippen LogP contribution is 2.54. The summed E-state index contributed by atoms with van der Waals surface area (Å²) in [6, 6.07) is 0. The molecule has 0 aromatic carbocycles. The molecule has 0 saturated heterocycles. The topological polar surface area (TPSA) is 0 Å². The molecule has 0 unspecified atom stereocenters. The Hall–Kier alpha value is 0.480. The summed E-state index contributed by atoms with van der Waals surface area (Å²) >= 11 is 3.59. The van der Waals surface area contributed by atoms with E-state index in [0.29, 0.717) is 10.8 Å². The predicted octanol–water partition coefficient (Wildman–Crippen LogP) is 3.60. The van der Waals surface area contributed by atoms with Crippen molar-refractivity contribution in [2.45, 2.75) is 40.0 Å². The van der Waals surface area contributed by atoms with Gasteiger partial charge in [-0.2, -0.15) is 0 Å². The van der Waals surface area contributed by atoms with Crippen LogP contribution in [0.1, 0.15) is 40.0 Å². The second-order valence-electron chi connectivity index (χ2n) is 4.87. The van der Waals surface area contributed by atoms with Gasteiger partial charge in [0.1, 0.15) is 0 Å². The molecule has 10 heavy (non-hydrogen) atoms. The predicted molar refractivity (Wildman–Crippen MR) is 49.5 cm³/mol. The van der Waals surface area contributed by atoms with Crippen LogP contribution in [0, 0.1) is 10.8 Å². The van der Waals surface area contributed by atoms with Crippen LogP contribution in [0.25, 0.3) is 0 Å². The number of hydrogen-bond donors (Lipinski definition) is 0. The van der Waals surface area contributed by atoms with Crippen molar-refractivity contribution in [2.75, 3.05) is 5.33 Å². The van der Waals surface area contributed by atoms with Crippen LogP contribution in [0.3, 0.4) is 0 Å². The van der Waals surface area contributed by atoms with E-state index >= 15 is 0 Å². The molecule has 0 aromatic rings. The summed E-state index contributed by atoms with van der Waals surface area (Å²) in [6.07, 6.45) is 4.26. The third-order valence-electron chi connectivity index (χ3n) is 2.15. The van der Waals surface area contributed by atoms with Crippen molar-refractivity contribution >= 4 is 15.9 Å². The normalized spacial score (nSPS) is 22.8. The van der Waals surface area contributed by atoms with Crippen molar-refractivity contribution in [1.29, 1.82) is 0 Å². The summed E-state index contributed by atoms with van der Waals surface area (Å²) in [5.41, 5.74) is 1.21. The van der Waals surface area contributed by atoms with E-state index in [4.69, 9.17) is 0 Å². The minimum Gasteiger partial charge on any atom is -0.0922 e. The lowest BCUT2D eigenvalue weighted by molar-refractivity contribution is 0.298. The van der Waals surface area contributed by atoms with Crippen LogP contribution in [-0.4, -0.2) is 5.33 Å². The molecular weight excluding hydrogens is 188 g/mol. The van der Waals surface area contributed by atoms with Crippen molar-refractivity contribution in [3.63, 3.8) is 0 Å². The van der Waals surface area contributed by atoms with E-state index in [9.17, 15) is 0 Å². The molecule has 60 valence electrons. The molecule has 0 aliphatic heterocycles. The zero-order valence-electron chi connectivity index (χ0n) is 7.21. The zero-order chi connectivity index (χ0) is 7.83. The van der Waals surface area contributed by atoms with Crippen molar-refractivity contribution < 1.29 is 0 Å². The van der Waals surface area contributed by atoms with Crippen molar-refractivity contribution in [1.82, 2.24) is 0 Å². The maximum Gasteiger partial charge on any atom is 0.00881 e. The van der Waals surface area contributed by atoms with Crippen LogP contribution in [0.15, 0.2) is 0 Å². The van der Waals surface area contributed by atoms with Gasteiger partial charge >= 0.3 is 0 Å². The van der Waals surface area contributed by atoms with Gasteiger partial charge in [0, 0.05) is 5.33 Å². The molecule has 1 aliphatic rings. The first-order valence-electron chi connectivity index (χ1n) is 4.04. The lowest BCUT2D eigenvalue weighted by Crippen LogP contribution is -2.14. The number of hydrogen-bond acceptors (Lipinski definition) is 0. The van der Waals surface area contributed by atoms with Crippen LogP contribution < -0.4 is 0 Å². The summed E-state index contributed by atoms with van der Waals surface area (Å²) in [5, 5.41) is 1.21. The standard InChI is InChI=1S/C9H17Br/c1-8(2,3)6-9(7-10)4-5-9/h4-7H2,1-3H3. The number of alkyl halides is 1. The molecule has 0 heterocycles. The number of rotatable bonds is 2. The molecule has 0 aromatic heterocycles. The van der Waals surface area contributed by atoms with E-state index in [1.165, 1.54) is 24.6 Å². The van der Waals surface area contributed by atoms with Gasteiger partial charge in [-0.25, -0.2) is 0 Å². The Morgan fingerprint density at radius 1 is 1.30 bits per heavy atom. The van der Waals surface area contributed by atoms with Crippen LogP contribution in [-0.2, 0) is 0 Å². The number of halogens is 1. The van der Waals surface area contributed by atoms with Crippen molar-refractivity contribution in [3.05, 3.63) is 0 Å². The van der Waals surface area contributed by atoms with Crippen molar-refractivity contribution in [2.24, 2.45) is 10.8 Å². The molecule has 0 nitrogen and oxygen atoms in total.